The van der Waals surface area contributed by atoms with E-state index in [1.54, 1.807) is 0 Å². The van der Waals surface area contributed by atoms with Gasteiger partial charge in [0.25, 0.3) is 0 Å². The first kappa shape index (κ1) is 14.8. The average Bonchev–Trinajstić information content (AvgIpc) is 2.32. The molecule has 0 aromatic heterocycles. The van der Waals surface area contributed by atoms with Gasteiger partial charge in [-0.3, -0.25) is 0 Å². The van der Waals surface area contributed by atoms with E-state index in [9.17, 15) is 5.11 Å². The van der Waals surface area contributed by atoms with E-state index >= 15 is 0 Å². The van der Waals surface area contributed by atoms with Crippen molar-refractivity contribution < 1.29 is 9.84 Å². The first-order valence-electron chi connectivity index (χ1n) is 7.27. The molecule has 106 valence electrons. The Morgan fingerprint density at radius 2 is 1.89 bits per heavy atom. The number of hydrogen-bond donors (Lipinski definition) is 1. The maximum atomic E-state index is 10.3. The fourth-order valence-electron chi connectivity index (χ4n) is 2.84. The minimum atomic E-state index is -1.11. The minimum absolute atomic E-state index is 0.213. The largest absolute Gasteiger partial charge is 0.393 e. The summed E-state index contributed by atoms with van der Waals surface area (Å²) >= 11 is 0. The molecule has 1 saturated heterocycles. The predicted octanol–water partition coefficient (Wildman–Crippen LogP) is 3.33. The van der Waals surface area contributed by atoms with Crippen molar-refractivity contribution in [3.63, 3.8) is 0 Å². The molecule has 0 bridgehead atoms. The molecule has 19 heavy (non-hydrogen) atoms. The van der Waals surface area contributed by atoms with Gasteiger partial charge in [0.1, 0.15) is 0 Å². The summed E-state index contributed by atoms with van der Waals surface area (Å²) in [7, 11) is -1.11. The molecule has 1 aromatic carbocycles. The average molecular weight is 278 g/mol. The molecule has 3 heteroatoms. The van der Waals surface area contributed by atoms with E-state index in [0.717, 1.165) is 18.9 Å². The van der Waals surface area contributed by atoms with Crippen LogP contribution in [0.4, 0.5) is 0 Å². The zero-order chi connectivity index (χ0) is 13.9. The van der Waals surface area contributed by atoms with E-state index in [1.807, 2.05) is 6.07 Å². The van der Waals surface area contributed by atoms with Crippen molar-refractivity contribution in [2.24, 2.45) is 5.92 Å². The minimum Gasteiger partial charge on any atom is -0.393 e. The molecular weight excluding hydrogens is 252 g/mol. The number of aliphatic hydroxyl groups is 1. The molecule has 0 aliphatic carbocycles. The summed E-state index contributed by atoms with van der Waals surface area (Å²) in [6.07, 6.45) is 1.78. The first-order valence-corrected chi connectivity index (χ1v) is 11.0. The second kappa shape index (κ2) is 6.20. The van der Waals surface area contributed by atoms with Gasteiger partial charge in [-0.1, -0.05) is 50.0 Å². The SMILES string of the molecule is C[Si](C)(C)C[C@H]1C[C@@H](O)[C@@H](Cc2ccccc2)CO1. The van der Waals surface area contributed by atoms with Gasteiger partial charge in [-0.2, -0.15) is 0 Å². The van der Waals surface area contributed by atoms with Crippen molar-refractivity contribution in [3.05, 3.63) is 35.9 Å². The molecule has 0 amide bonds. The lowest BCUT2D eigenvalue weighted by molar-refractivity contribution is -0.0754. The number of ether oxygens (including phenoxy) is 1. The maximum Gasteiger partial charge on any atom is 0.0618 e. The van der Waals surface area contributed by atoms with Gasteiger partial charge in [0.15, 0.2) is 0 Å². The van der Waals surface area contributed by atoms with E-state index in [0.29, 0.717) is 6.61 Å². The molecule has 2 nitrogen and oxygen atoms in total. The normalized spacial score (nSPS) is 28.3. The van der Waals surface area contributed by atoms with Gasteiger partial charge >= 0.3 is 0 Å². The molecule has 1 heterocycles. The van der Waals surface area contributed by atoms with E-state index in [1.165, 1.54) is 5.56 Å². The highest BCUT2D eigenvalue weighted by Gasteiger charge is 2.32. The highest BCUT2D eigenvalue weighted by atomic mass is 28.3. The number of hydrogen-bond acceptors (Lipinski definition) is 2. The fraction of sp³-hybridized carbons (Fsp3) is 0.625. The lowest BCUT2D eigenvalue weighted by Gasteiger charge is -2.35. The molecule has 0 unspecified atom stereocenters. The lowest BCUT2D eigenvalue weighted by atomic mass is 9.89. The topological polar surface area (TPSA) is 29.5 Å². The Morgan fingerprint density at radius 3 is 2.47 bits per heavy atom. The van der Waals surface area contributed by atoms with Crippen molar-refractivity contribution >= 4 is 8.07 Å². The molecule has 0 radical (unpaired) electrons. The van der Waals surface area contributed by atoms with Gasteiger partial charge in [-0.15, -0.1) is 0 Å². The first-order chi connectivity index (χ1) is 8.94. The molecule has 1 aliphatic heterocycles. The van der Waals surface area contributed by atoms with Gasteiger partial charge < -0.3 is 9.84 Å². The summed E-state index contributed by atoms with van der Waals surface area (Å²) in [4.78, 5) is 0. The van der Waals surface area contributed by atoms with Crippen LogP contribution in [0.1, 0.15) is 12.0 Å². The highest BCUT2D eigenvalue weighted by Crippen LogP contribution is 2.27. The quantitative estimate of drug-likeness (QED) is 0.856. The second-order valence-electron chi connectivity index (χ2n) is 6.97. The summed E-state index contributed by atoms with van der Waals surface area (Å²) in [6.45, 7) is 7.78. The van der Waals surface area contributed by atoms with Crippen LogP contribution in [0.15, 0.2) is 30.3 Å². The molecule has 3 atom stereocenters. The Morgan fingerprint density at radius 1 is 1.21 bits per heavy atom. The van der Waals surface area contributed by atoms with E-state index < -0.39 is 8.07 Å². The molecule has 1 N–H and O–H groups in total. The third-order valence-corrected chi connectivity index (χ3v) is 5.46. The van der Waals surface area contributed by atoms with Crippen molar-refractivity contribution in [3.8, 4) is 0 Å². The molecular formula is C16H26O2Si. The zero-order valence-electron chi connectivity index (χ0n) is 12.3. The van der Waals surface area contributed by atoms with E-state index in [4.69, 9.17) is 4.74 Å². The Kier molecular flexibility index (Phi) is 4.82. The van der Waals surface area contributed by atoms with Crippen molar-refractivity contribution in [1.82, 2.24) is 0 Å². The molecule has 1 aromatic rings. The summed E-state index contributed by atoms with van der Waals surface area (Å²) in [6, 6.07) is 11.5. The van der Waals surface area contributed by atoms with Gasteiger partial charge in [-0.25, -0.2) is 0 Å². The van der Waals surface area contributed by atoms with Crippen LogP contribution in [0, 0.1) is 5.92 Å². The van der Waals surface area contributed by atoms with Crippen LogP contribution in [-0.2, 0) is 11.2 Å². The van der Waals surface area contributed by atoms with E-state index in [2.05, 4.69) is 43.9 Å². The summed E-state index contributed by atoms with van der Waals surface area (Å²) in [5.74, 6) is 0.250. The fourth-order valence-corrected chi connectivity index (χ4v) is 4.49. The zero-order valence-corrected chi connectivity index (χ0v) is 13.3. The van der Waals surface area contributed by atoms with Crippen LogP contribution < -0.4 is 0 Å². The Balaban J connectivity index is 1.87. The summed E-state index contributed by atoms with van der Waals surface area (Å²) in [5, 5.41) is 10.3. The van der Waals surface area contributed by atoms with Crippen molar-refractivity contribution in [2.45, 2.75) is 50.7 Å². The number of aliphatic hydroxyl groups excluding tert-OH is 1. The Bertz CT molecular complexity index is 385. The predicted molar refractivity (Wildman–Crippen MR) is 82.2 cm³/mol. The molecule has 2 rings (SSSR count). The molecule has 1 aliphatic rings. The van der Waals surface area contributed by atoms with Gasteiger partial charge in [0, 0.05) is 14.0 Å². The van der Waals surface area contributed by atoms with Gasteiger partial charge in [0.2, 0.25) is 0 Å². The molecule has 0 spiro atoms. The monoisotopic (exact) mass is 278 g/mol. The maximum absolute atomic E-state index is 10.3. The third-order valence-electron chi connectivity index (χ3n) is 3.78. The van der Waals surface area contributed by atoms with Gasteiger partial charge in [-0.05, 0) is 24.4 Å². The Hall–Kier alpha value is -0.643. The molecule has 1 fully saturated rings. The highest BCUT2D eigenvalue weighted by molar-refractivity contribution is 6.76. The second-order valence-corrected chi connectivity index (χ2v) is 12.5. The van der Waals surface area contributed by atoms with Gasteiger partial charge in [0.05, 0.1) is 18.8 Å². The Labute approximate surface area is 117 Å². The lowest BCUT2D eigenvalue weighted by Crippen LogP contribution is -2.41. The number of rotatable bonds is 4. The van der Waals surface area contributed by atoms with Crippen LogP contribution in [0.3, 0.4) is 0 Å². The van der Waals surface area contributed by atoms with E-state index in [-0.39, 0.29) is 18.1 Å². The van der Waals surface area contributed by atoms with Crippen LogP contribution in [-0.4, -0.2) is 32.0 Å². The van der Waals surface area contributed by atoms with Crippen LogP contribution in [0.25, 0.3) is 0 Å². The van der Waals surface area contributed by atoms with Crippen LogP contribution in [0.5, 0.6) is 0 Å². The molecule has 0 saturated carbocycles. The summed E-state index contributed by atoms with van der Waals surface area (Å²) in [5.41, 5.74) is 1.29. The summed E-state index contributed by atoms with van der Waals surface area (Å²) < 4.78 is 5.98. The van der Waals surface area contributed by atoms with Crippen LogP contribution in [0.2, 0.25) is 25.7 Å². The standard InChI is InChI=1S/C16H26O2Si/c1-19(2,3)12-15-10-16(17)14(11-18-15)9-13-7-5-4-6-8-13/h4-8,14-17H,9-12H2,1-3H3/t14-,15+,16+/m0/s1. The third kappa shape index (κ3) is 4.75. The van der Waals surface area contributed by atoms with Crippen molar-refractivity contribution in [1.29, 1.82) is 0 Å². The van der Waals surface area contributed by atoms with Crippen LogP contribution >= 0.6 is 0 Å². The van der Waals surface area contributed by atoms with Crippen molar-refractivity contribution in [2.75, 3.05) is 6.61 Å². The smallest absolute Gasteiger partial charge is 0.0618 e. The number of benzene rings is 1.